The first-order valence-corrected chi connectivity index (χ1v) is 7.66. The van der Waals surface area contributed by atoms with Crippen molar-refractivity contribution in [2.45, 2.75) is 26.7 Å². The van der Waals surface area contributed by atoms with Crippen LogP contribution in [0.3, 0.4) is 0 Å². The summed E-state index contributed by atoms with van der Waals surface area (Å²) in [7, 11) is 0. The zero-order chi connectivity index (χ0) is 16.7. The minimum Gasteiger partial charge on any atom is -0.299 e. The number of rotatable bonds is 4. The second-order valence-corrected chi connectivity index (χ2v) is 6.23. The predicted molar refractivity (Wildman–Crippen MR) is 82.7 cm³/mol. The number of imide groups is 2. The van der Waals surface area contributed by atoms with Crippen molar-refractivity contribution in [2.24, 2.45) is 11.8 Å². The van der Waals surface area contributed by atoms with Crippen molar-refractivity contribution in [2.75, 3.05) is 11.4 Å². The number of nitrogens with zero attached hydrogens (tertiary/aromatic N) is 2. The first kappa shape index (κ1) is 15.4. The van der Waals surface area contributed by atoms with E-state index in [9.17, 15) is 19.2 Å². The normalized spacial score (nSPS) is 21.8. The van der Waals surface area contributed by atoms with Crippen LogP contribution in [0.25, 0.3) is 0 Å². The number of amides is 4. The SMILES string of the molecule is CC(=O)C1C(=O)N(CC2CC2)C(=O)N(c2cccc(C)c2)C1=O. The Morgan fingerprint density at radius 3 is 2.43 bits per heavy atom. The van der Waals surface area contributed by atoms with Gasteiger partial charge in [-0.1, -0.05) is 12.1 Å². The maximum atomic E-state index is 12.7. The summed E-state index contributed by atoms with van der Waals surface area (Å²) in [6, 6.07) is 6.24. The highest BCUT2D eigenvalue weighted by molar-refractivity contribution is 6.34. The molecule has 1 saturated heterocycles. The summed E-state index contributed by atoms with van der Waals surface area (Å²) in [5.74, 6) is -3.13. The van der Waals surface area contributed by atoms with Gasteiger partial charge in [-0.25, -0.2) is 9.69 Å². The van der Waals surface area contributed by atoms with Crippen LogP contribution in [0, 0.1) is 18.8 Å². The van der Waals surface area contributed by atoms with Crippen LogP contribution < -0.4 is 4.90 Å². The van der Waals surface area contributed by atoms with E-state index in [-0.39, 0.29) is 12.5 Å². The molecule has 0 aromatic heterocycles. The van der Waals surface area contributed by atoms with Crippen molar-refractivity contribution in [3.63, 3.8) is 0 Å². The molecule has 1 saturated carbocycles. The predicted octanol–water partition coefficient (Wildman–Crippen LogP) is 1.91. The molecule has 0 N–H and O–H groups in total. The maximum absolute atomic E-state index is 12.7. The van der Waals surface area contributed by atoms with Crippen LogP contribution in [0.1, 0.15) is 25.3 Å². The largest absolute Gasteiger partial charge is 0.338 e. The lowest BCUT2D eigenvalue weighted by atomic mass is 9.98. The Morgan fingerprint density at radius 1 is 1.17 bits per heavy atom. The highest BCUT2D eigenvalue weighted by Crippen LogP contribution is 2.33. The topological polar surface area (TPSA) is 74.8 Å². The van der Waals surface area contributed by atoms with Crippen LogP contribution >= 0.6 is 0 Å². The van der Waals surface area contributed by atoms with E-state index in [1.807, 2.05) is 13.0 Å². The van der Waals surface area contributed by atoms with E-state index in [0.29, 0.717) is 5.69 Å². The molecule has 0 radical (unpaired) electrons. The van der Waals surface area contributed by atoms with Crippen LogP contribution in [0.2, 0.25) is 0 Å². The lowest BCUT2D eigenvalue weighted by Crippen LogP contribution is -2.62. The first-order valence-electron chi connectivity index (χ1n) is 7.66. The van der Waals surface area contributed by atoms with Crippen molar-refractivity contribution in [1.82, 2.24) is 4.90 Å². The van der Waals surface area contributed by atoms with Gasteiger partial charge in [0.15, 0.2) is 11.7 Å². The van der Waals surface area contributed by atoms with Crippen molar-refractivity contribution in [3.05, 3.63) is 29.8 Å². The second-order valence-electron chi connectivity index (χ2n) is 6.23. The van der Waals surface area contributed by atoms with E-state index in [2.05, 4.69) is 0 Å². The molecular weight excluding hydrogens is 296 g/mol. The average molecular weight is 314 g/mol. The molecule has 1 aliphatic heterocycles. The van der Waals surface area contributed by atoms with E-state index in [4.69, 9.17) is 0 Å². The van der Waals surface area contributed by atoms with E-state index >= 15 is 0 Å². The van der Waals surface area contributed by atoms with Crippen LogP contribution in [-0.2, 0) is 14.4 Å². The van der Waals surface area contributed by atoms with Gasteiger partial charge in [0.05, 0.1) is 5.69 Å². The number of Topliss-reactive ketones (excluding diaryl/α,β-unsaturated/α-hetero) is 1. The third-order valence-electron chi connectivity index (χ3n) is 4.21. The Hall–Kier alpha value is -2.50. The fourth-order valence-electron chi connectivity index (χ4n) is 2.78. The summed E-state index contributed by atoms with van der Waals surface area (Å²) in [4.78, 5) is 51.5. The van der Waals surface area contributed by atoms with Crippen LogP contribution in [0.15, 0.2) is 24.3 Å². The standard InChI is InChI=1S/C17H18N2O4/c1-10-4-3-5-13(8-10)19-16(22)14(11(2)20)15(21)18(17(19)23)9-12-6-7-12/h3-5,8,12,14H,6-7,9H2,1-2H3. The van der Waals surface area contributed by atoms with Gasteiger partial charge in [-0.2, -0.15) is 0 Å². The lowest BCUT2D eigenvalue weighted by Gasteiger charge is -2.36. The number of barbiturate groups is 1. The van der Waals surface area contributed by atoms with E-state index < -0.39 is 29.5 Å². The van der Waals surface area contributed by atoms with Crippen LogP contribution in [0.5, 0.6) is 0 Å². The number of carbonyl (C=O) groups excluding carboxylic acids is 4. The van der Waals surface area contributed by atoms with Crippen molar-refractivity contribution in [3.8, 4) is 0 Å². The zero-order valence-electron chi connectivity index (χ0n) is 13.1. The molecule has 2 aliphatic rings. The number of hydrogen-bond acceptors (Lipinski definition) is 4. The number of benzene rings is 1. The van der Waals surface area contributed by atoms with E-state index in [1.165, 1.54) is 6.92 Å². The second kappa shape index (κ2) is 5.61. The van der Waals surface area contributed by atoms with Crippen molar-refractivity contribution < 1.29 is 19.2 Å². The summed E-state index contributed by atoms with van der Waals surface area (Å²) in [5, 5.41) is 0. The van der Waals surface area contributed by atoms with Gasteiger partial charge in [0, 0.05) is 6.54 Å². The Kier molecular flexibility index (Phi) is 3.75. The van der Waals surface area contributed by atoms with Gasteiger partial charge in [0.2, 0.25) is 0 Å². The molecule has 0 bridgehead atoms. The number of carbonyl (C=O) groups is 4. The van der Waals surface area contributed by atoms with E-state index in [1.54, 1.807) is 18.2 Å². The molecule has 1 aromatic carbocycles. The molecule has 4 amide bonds. The molecule has 2 fully saturated rings. The minimum absolute atomic E-state index is 0.275. The highest BCUT2D eigenvalue weighted by atomic mass is 16.2. The summed E-state index contributed by atoms with van der Waals surface area (Å²) >= 11 is 0. The fourth-order valence-corrected chi connectivity index (χ4v) is 2.78. The van der Waals surface area contributed by atoms with Gasteiger partial charge in [0.25, 0.3) is 11.8 Å². The first-order chi connectivity index (χ1) is 10.9. The van der Waals surface area contributed by atoms with Gasteiger partial charge < -0.3 is 0 Å². The van der Waals surface area contributed by atoms with E-state index in [0.717, 1.165) is 28.2 Å². The van der Waals surface area contributed by atoms with Crippen molar-refractivity contribution >= 4 is 29.3 Å². The molecule has 6 heteroatoms. The van der Waals surface area contributed by atoms with Crippen LogP contribution in [0.4, 0.5) is 10.5 Å². The smallest absolute Gasteiger partial charge is 0.299 e. The molecule has 0 spiro atoms. The fraction of sp³-hybridized carbons (Fsp3) is 0.412. The molecule has 6 nitrogen and oxygen atoms in total. The van der Waals surface area contributed by atoms with Gasteiger partial charge in [-0.05, 0) is 50.3 Å². The highest BCUT2D eigenvalue weighted by Gasteiger charge is 2.49. The number of anilines is 1. The minimum atomic E-state index is -1.42. The molecule has 23 heavy (non-hydrogen) atoms. The number of hydrogen-bond donors (Lipinski definition) is 0. The zero-order valence-corrected chi connectivity index (χ0v) is 13.1. The Labute approximate surface area is 134 Å². The van der Waals surface area contributed by atoms with Gasteiger partial charge >= 0.3 is 6.03 Å². The third kappa shape index (κ3) is 2.76. The lowest BCUT2D eigenvalue weighted by molar-refractivity contribution is -0.145. The molecule has 3 rings (SSSR count). The average Bonchev–Trinajstić information content (AvgIpc) is 3.27. The maximum Gasteiger partial charge on any atom is 0.338 e. The van der Waals surface area contributed by atoms with Gasteiger partial charge in [0.1, 0.15) is 0 Å². The van der Waals surface area contributed by atoms with Crippen molar-refractivity contribution in [1.29, 1.82) is 0 Å². The Morgan fingerprint density at radius 2 is 1.87 bits per heavy atom. The summed E-state index contributed by atoms with van der Waals surface area (Å²) < 4.78 is 0. The molecule has 1 aliphatic carbocycles. The quantitative estimate of drug-likeness (QED) is 0.796. The molecule has 120 valence electrons. The number of aryl methyl sites for hydroxylation is 1. The summed E-state index contributed by atoms with van der Waals surface area (Å²) in [5.41, 5.74) is 1.27. The summed E-state index contributed by atoms with van der Waals surface area (Å²) in [6.45, 7) is 3.33. The Balaban J connectivity index is 2.02. The number of ketones is 1. The molecule has 1 atom stereocenters. The Bertz CT molecular complexity index is 708. The molecule has 1 heterocycles. The number of urea groups is 1. The van der Waals surface area contributed by atoms with Gasteiger partial charge in [-0.3, -0.25) is 19.3 Å². The van der Waals surface area contributed by atoms with Crippen LogP contribution in [-0.4, -0.2) is 35.1 Å². The monoisotopic (exact) mass is 314 g/mol. The molecule has 1 aromatic rings. The third-order valence-corrected chi connectivity index (χ3v) is 4.21. The summed E-state index contributed by atoms with van der Waals surface area (Å²) in [6.07, 6.45) is 1.92. The van der Waals surface area contributed by atoms with Gasteiger partial charge in [-0.15, -0.1) is 0 Å². The molecule has 1 unspecified atom stereocenters. The molecular formula is C17H18N2O4.